The van der Waals surface area contributed by atoms with Gasteiger partial charge in [0.25, 0.3) is 0 Å². The Balaban J connectivity index is 1.86. The van der Waals surface area contributed by atoms with E-state index in [0.717, 1.165) is 39.2 Å². The standard InChI is InChI=1S/C30H25N3/c1-3-24-12-10-11-17-28(24)30(26-13-6-4-7-14-26,27-15-8-5-9-16-27)33-21-19-29(32-33)25-18-20-31-23(2)22-25/h3-22H,1H2,2H3. The maximum absolute atomic E-state index is 5.15. The second kappa shape index (κ2) is 8.71. The van der Waals surface area contributed by atoms with Crippen molar-refractivity contribution in [1.29, 1.82) is 0 Å². The lowest BCUT2D eigenvalue weighted by atomic mass is 9.75. The molecular weight excluding hydrogens is 402 g/mol. The van der Waals surface area contributed by atoms with Crippen molar-refractivity contribution in [1.82, 2.24) is 14.8 Å². The Kier molecular flexibility index (Phi) is 5.45. The van der Waals surface area contributed by atoms with Crippen LogP contribution < -0.4 is 0 Å². The van der Waals surface area contributed by atoms with Crippen LogP contribution in [-0.4, -0.2) is 14.8 Å². The summed E-state index contributed by atoms with van der Waals surface area (Å²) in [5.74, 6) is 0. The van der Waals surface area contributed by atoms with Crippen LogP contribution in [0.2, 0.25) is 0 Å². The average molecular weight is 428 g/mol. The van der Waals surface area contributed by atoms with Crippen LogP contribution in [0.5, 0.6) is 0 Å². The van der Waals surface area contributed by atoms with Crippen molar-refractivity contribution in [3.8, 4) is 11.3 Å². The first-order valence-corrected chi connectivity index (χ1v) is 11.1. The summed E-state index contributed by atoms with van der Waals surface area (Å²) in [6.07, 6.45) is 5.83. The molecule has 33 heavy (non-hydrogen) atoms. The van der Waals surface area contributed by atoms with Gasteiger partial charge in [-0.3, -0.25) is 9.67 Å². The highest BCUT2D eigenvalue weighted by Gasteiger charge is 2.40. The third-order valence-corrected chi connectivity index (χ3v) is 6.08. The van der Waals surface area contributed by atoms with E-state index >= 15 is 0 Å². The van der Waals surface area contributed by atoms with E-state index in [1.807, 2.05) is 37.4 Å². The van der Waals surface area contributed by atoms with E-state index in [2.05, 4.69) is 107 Å². The largest absolute Gasteiger partial charge is 0.262 e. The third-order valence-electron chi connectivity index (χ3n) is 6.08. The van der Waals surface area contributed by atoms with Gasteiger partial charge in [-0.15, -0.1) is 0 Å². The zero-order chi connectivity index (χ0) is 22.7. The highest BCUT2D eigenvalue weighted by atomic mass is 15.3. The minimum atomic E-state index is -0.673. The Morgan fingerprint density at radius 3 is 2.06 bits per heavy atom. The molecule has 0 unspecified atom stereocenters. The predicted octanol–water partition coefficient (Wildman–Crippen LogP) is 6.74. The molecule has 0 aliphatic carbocycles. The SMILES string of the molecule is C=Cc1ccccc1C(c1ccccc1)(c1ccccc1)n1ccc(-c2ccnc(C)c2)n1. The van der Waals surface area contributed by atoms with Gasteiger partial charge >= 0.3 is 0 Å². The molecule has 0 amide bonds. The van der Waals surface area contributed by atoms with Gasteiger partial charge in [0.05, 0.1) is 5.69 Å². The summed E-state index contributed by atoms with van der Waals surface area (Å²) < 4.78 is 2.09. The summed E-state index contributed by atoms with van der Waals surface area (Å²) >= 11 is 0. The third kappa shape index (κ3) is 3.58. The average Bonchev–Trinajstić information content (AvgIpc) is 3.37. The van der Waals surface area contributed by atoms with E-state index in [9.17, 15) is 0 Å². The number of nitrogens with zero attached hydrogens (tertiary/aromatic N) is 3. The first-order chi connectivity index (χ1) is 16.2. The van der Waals surface area contributed by atoms with Crippen LogP contribution in [0.15, 0.2) is 122 Å². The van der Waals surface area contributed by atoms with Gasteiger partial charge < -0.3 is 0 Å². The Morgan fingerprint density at radius 2 is 1.42 bits per heavy atom. The second-order valence-electron chi connectivity index (χ2n) is 8.07. The van der Waals surface area contributed by atoms with E-state index in [-0.39, 0.29) is 0 Å². The van der Waals surface area contributed by atoms with Gasteiger partial charge in [0.2, 0.25) is 0 Å². The Bertz CT molecular complexity index is 1350. The Morgan fingerprint density at radius 1 is 0.788 bits per heavy atom. The molecule has 0 fully saturated rings. The van der Waals surface area contributed by atoms with Gasteiger partial charge in [-0.2, -0.15) is 5.10 Å². The summed E-state index contributed by atoms with van der Waals surface area (Å²) in [4.78, 5) is 4.34. The van der Waals surface area contributed by atoms with Crippen molar-refractivity contribution >= 4 is 6.08 Å². The highest BCUT2D eigenvalue weighted by Crippen LogP contribution is 2.42. The molecular formula is C30H25N3. The van der Waals surface area contributed by atoms with Crippen LogP contribution >= 0.6 is 0 Å². The number of aromatic nitrogens is 3. The van der Waals surface area contributed by atoms with Crippen molar-refractivity contribution in [3.63, 3.8) is 0 Å². The summed E-state index contributed by atoms with van der Waals surface area (Å²) in [6, 6.07) is 35.7. The number of rotatable bonds is 6. The smallest absolute Gasteiger partial charge is 0.138 e. The normalized spacial score (nSPS) is 11.3. The van der Waals surface area contributed by atoms with E-state index in [1.165, 1.54) is 0 Å². The number of pyridine rings is 1. The summed E-state index contributed by atoms with van der Waals surface area (Å²) in [6.45, 7) is 6.11. The fraction of sp³-hybridized carbons (Fsp3) is 0.0667. The number of hydrogen-bond donors (Lipinski definition) is 0. The molecule has 0 aliphatic heterocycles. The van der Waals surface area contributed by atoms with E-state index in [0.29, 0.717) is 0 Å². The molecule has 2 aromatic heterocycles. The molecule has 5 aromatic rings. The summed E-state index contributed by atoms with van der Waals surface area (Å²) in [5.41, 5.74) is 6.71. The van der Waals surface area contributed by atoms with E-state index < -0.39 is 5.54 Å². The van der Waals surface area contributed by atoms with Crippen molar-refractivity contribution in [3.05, 3.63) is 150 Å². The number of hydrogen-bond acceptors (Lipinski definition) is 2. The topological polar surface area (TPSA) is 30.7 Å². The lowest BCUT2D eigenvalue weighted by Gasteiger charge is -2.37. The van der Waals surface area contributed by atoms with Crippen LogP contribution in [0.4, 0.5) is 0 Å². The lowest BCUT2D eigenvalue weighted by molar-refractivity contribution is 0.460. The van der Waals surface area contributed by atoms with Crippen LogP contribution in [0, 0.1) is 6.92 Å². The van der Waals surface area contributed by atoms with Crippen LogP contribution in [0.25, 0.3) is 17.3 Å². The Labute approximate surface area is 194 Å². The van der Waals surface area contributed by atoms with Gasteiger partial charge in [-0.05, 0) is 47.4 Å². The number of benzene rings is 3. The van der Waals surface area contributed by atoms with Gasteiger partial charge in [-0.1, -0.05) is 97.6 Å². The maximum Gasteiger partial charge on any atom is 0.138 e. The Hall–Kier alpha value is -4.24. The molecule has 2 heterocycles. The molecule has 0 bridgehead atoms. The first-order valence-electron chi connectivity index (χ1n) is 11.1. The molecule has 3 nitrogen and oxygen atoms in total. The molecule has 0 aliphatic rings. The maximum atomic E-state index is 5.15. The molecule has 0 atom stereocenters. The minimum Gasteiger partial charge on any atom is -0.262 e. The highest BCUT2D eigenvalue weighted by molar-refractivity contribution is 5.63. The van der Waals surface area contributed by atoms with Gasteiger partial charge in [0, 0.05) is 23.7 Å². The van der Waals surface area contributed by atoms with Crippen molar-refractivity contribution in [2.45, 2.75) is 12.5 Å². The minimum absolute atomic E-state index is 0.673. The molecule has 3 aromatic carbocycles. The summed E-state index contributed by atoms with van der Waals surface area (Å²) in [7, 11) is 0. The molecule has 0 saturated heterocycles. The summed E-state index contributed by atoms with van der Waals surface area (Å²) in [5, 5.41) is 5.15. The number of aryl methyl sites for hydroxylation is 1. The molecule has 0 radical (unpaired) electrons. The van der Waals surface area contributed by atoms with Crippen molar-refractivity contribution in [2.75, 3.05) is 0 Å². The fourth-order valence-corrected chi connectivity index (χ4v) is 4.60. The monoisotopic (exact) mass is 427 g/mol. The van der Waals surface area contributed by atoms with Crippen LogP contribution in [0.3, 0.4) is 0 Å². The van der Waals surface area contributed by atoms with Gasteiger partial charge in [-0.25, -0.2) is 0 Å². The van der Waals surface area contributed by atoms with Gasteiger partial charge in [0.1, 0.15) is 5.54 Å². The fourth-order valence-electron chi connectivity index (χ4n) is 4.60. The molecule has 0 saturated carbocycles. The lowest BCUT2D eigenvalue weighted by Crippen LogP contribution is -2.39. The van der Waals surface area contributed by atoms with Crippen molar-refractivity contribution in [2.24, 2.45) is 0 Å². The predicted molar refractivity (Wildman–Crippen MR) is 135 cm³/mol. The van der Waals surface area contributed by atoms with Crippen LogP contribution in [-0.2, 0) is 5.54 Å². The quantitative estimate of drug-likeness (QED) is 0.281. The molecule has 3 heteroatoms. The van der Waals surface area contributed by atoms with E-state index in [4.69, 9.17) is 5.10 Å². The molecule has 5 rings (SSSR count). The molecule has 160 valence electrons. The molecule has 0 N–H and O–H groups in total. The van der Waals surface area contributed by atoms with E-state index in [1.54, 1.807) is 0 Å². The van der Waals surface area contributed by atoms with Crippen molar-refractivity contribution < 1.29 is 0 Å². The second-order valence-corrected chi connectivity index (χ2v) is 8.07. The molecule has 0 spiro atoms. The zero-order valence-corrected chi connectivity index (χ0v) is 18.6. The first kappa shape index (κ1) is 20.7. The van der Waals surface area contributed by atoms with Gasteiger partial charge in [0.15, 0.2) is 0 Å². The zero-order valence-electron chi connectivity index (χ0n) is 18.6. The van der Waals surface area contributed by atoms with Crippen LogP contribution in [0.1, 0.15) is 27.9 Å².